The normalized spacial score (nSPS) is 16.3. The summed E-state index contributed by atoms with van der Waals surface area (Å²) >= 11 is 0. The van der Waals surface area contributed by atoms with Gasteiger partial charge < -0.3 is 4.90 Å². The number of amides is 1. The Kier molecular flexibility index (Phi) is 4.94. The Morgan fingerprint density at radius 3 is 2.64 bits per heavy atom. The Bertz CT molecular complexity index is 983. The maximum absolute atomic E-state index is 13.5. The first-order valence-corrected chi connectivity index (χ1v) is 9.57. The zero-order valence-electron chi connectivity index (χ0n) is 16.0. The Labute approximate surface area is 163 Å². The monoisotopic (exact) mass is 378 g/mol. The largest absolute Gasteiger partial charge is 0.330 e. The number of carbonyl (C=O) groups excluding carboxylic acids is 1. The van der Waals surface area contributed by atoms with E-state index in [9.17, 15) is 9.18 Å². The van der Waals surface area contributed by atoms with Crippen molar-refractivity contribution in [3.63, 3.8) is 0 Å². The Morgan fingerprint density at radius 2 is 1.93 bits per heavy atom. The summed E-state index contributed by atoms with van der Waals surface area (Å²) in [6.07, 6.45) is 0.181. The van der Waals surface area contributed by atoms with E-state index < -0.39 is 0 Å². The quantitative estimate of drug-likeness (QED) is 0.693. The van der Waals surface area contributed by atoms with Crippen molar-refractivity contribution in [2.45, 2.75) is 32.9 Å². The minimum absolute atomic E-state index is 0.0141. The molecule has 1 atom stereocenters. The lowest BCUT2D eigenvalue weighted by atomic mass is 9.98. The molecule has 0 aliphatic carbocycles. The molecular formula is C22H23FN4O. The molecule has 3 aromatic rings. The number of rotatable bonds is 4. The molecule has 144 valence electrons. The van der Waals surface area contributed by atoms with Crippen LogP contribution in [0.15, 0.2) is 54.6 Å². The van der Waals surface area contributed by atoms with E-state index in [2.05, 4.69) is 18.9 Å². The summed E-state index contributed by atoms with van der Waals surface area (Å²) in [5.74, 6) is 1.34. The maximum Gasteiger partial charge on any atom is 0.227 e. The Balaban J connectivity index is 1.62. The van der Waals surface area contributed by atoms with Gasteiger partial charge in [0.05, 0.1) is 19.0 Å². The molecule has 0 spiro atoms. The molecule has 0 bridgehead atoms. The fourth-order valence-electron chi connectivity index (χ4n) is 3.79. The molecule has 28 heavy (non-hydrogen) atoms. The van der Waals surface area contributed by atoms with Crippen LogP contribution in [0.1, 0.15) is 31.3 Å². The van der Waals surface area contributed by atoms with Crippen molar-refractivity contribution < 1.29 is 9.18 Å². The second-order valence-corrected chi connectivity index (χ2v) is 7.47. The zero-order chi connectivity index (χ0) is 19.7. The van der Waals surface area contributed by atoms with Crippen LogP contribution in [-0.2, 0) is 17.8 Å². The van der Waals surface area contributed by atoms with Gasteiger partial charge >= 0.3 is 0 Å². The van der Waals surface area contributed by atoms with Crippen molar-refractivity contribution in [2.75, 3.05) is 6.54 Å². The minimum Gasteiger partial charge on any atom is -0.330 e. The third-order valence-corrected chi connectivity index (χ3v) is 5.08. The lowest BCUT2D eigenvalue weighted by molar-refractivity contribution is -0.135. The number of carbonyl (C=O) groups is 1. The molecule has 0 saturated heterocycles. The van der Waals surface area contributed by atoms with Gasteiger partial charge in [0.1, 0.15) is 5.82 Å². The summed E-state index contributed by atoms with van der Waals surface area (Å²) in [6.45, 7) is 5.34. The topological polar surface area (TPSA) is 51.0 Å². The van der Waals surface area contributed by atoms with Crippen molar-refractivity contribution in [2.24, 2.45) is 5.92 Å². The molecule has 6 heteroatoms. The van der Waals surface area contributed by atoms with Crippen LogP contribution in [0.5, 0.6) is 0 Å². The van der Waals surface area contributed by atoms with Crippen LogP contribution < -0.4 is 0 Å². The van der Waals surface area contributed by atoms with Gasteiger partial charge in [-0.15, -0.1) is 0 Å². The summed E-state index contributed by atoms with van der Waals surface area (Å²) in [5.41, 5.74) is 1.65. The summed E-state index contributed by atoms with van der Waals surface area (Å²) in [4.78, 5) is 19.7. The fourth-order valence-corrected chi connectivity index (χ4v) is 3.79. The van der Waals surface area contributed by atoms with Gasteiger partial charge in [0, 0.05) is 12.1 Å². The number of aromatic nitrogens is 3. The highest BCUT2D eigenvalue weighted by Crippen LogP contribution is 2.32. The predicted molar refractivity (Wildman–Crippen MR) is 105 cm³/mol. The van der Waals surface area contributed by atoms with Crippen LogP contribution in [0, 0.1) is 11.7 Å². The van der Waals surface area contributed by atoms with Gasteiger partial charge in [-0.05, 0) is 23.6 Å². The van der Waals surface area contributed by atoms with Crippen molar-refractivity contribution in [3.05, 3.63) is 71.8 Å². The Morgan fingerprint density at radius 1 is 1.14 bits per heavy atom. The van der Waals surface area contributed by atoms with E-state index in [1.54, 1.807) is 12.1 Å². The molecule has 0 saturated carbocycles. The predicted octanol–water partition coefficient (Wildman–Crippen LogP) is 3.87. The molecular weight excluding hydrogens is 355 g/mol. The Hall–Kier alpha value is -3.02. The van der Waals surface area contributed by atoms with E-state index in [0.717, 1.165) is 11.4 Å². The molecule has 4 rings (SSSR count). The van der Waals surface area contributed by atoms with Gasteiger partial charge in [0.25, 0.3) is 0 Å². The lowest BCUT2D eigenvalue weighted by Crippen LogP contribution is -2.45. The molecule has 1 amide bonds. The highest BCUT2D eigenvalue weighted by atomic mass is 19.1. The lowest BCUT2D eigenvalue weighted by Gasteiger charge is -2.37. The second kappa shape index (κ2) is 7.54. The SMILES string of the molecule is CC(C)[C@H]1c2nc(-c3ccccc3)nn2CCN1C(=O)Cc1cccc(F)c1. The molecule has 0 radical (unpaired) electrons. The summed E-state index contributed by atoms with van der Waals surface area (Å²) in [6, 6.07) is 15.9. The number of hydrogen-bond acceptors (Lipinski definition) is 3. The number of halogens is 1. The van der Waals surface area contributed by atoms with Crippen LogP contribution in [0.25, 0.3) is 11.4 Å². The molecule has 2 heterocycles. The first-order valence-electron chi connectivity index (χ1n) is 9.57. The first kappa shape index (κ1) is 18.3. The average molecular weight is 378 g/mol. The molecule has 0 fully saturated rings. The molecule has 0 unspecified atom stereocenters. The van der Waals surface area contributed by atoms with Crippen LogP contribution in [0.3, 0.4) is 0 Å². The zero-order valence-corrected chi connectivity index (χ0v) is 16.0. The maximum atomic E-state index is 13.5. The van der Waals surface area contributed by atoms with Gasteiger partial charge in [-0.2, -0.15) is 5.10 Å². The molecule has 5 nitrogen and oxygen atoms in total. The van der Waals surface area contributed by atoms with Crippen molar-refractivity contribution >= 4 is 5.91 Å². The van der Waals surface area contributed by atoms with Crippen LogP contribution >= 0.6 is 0 Å². The van der Waals surface area contributed by atoms with Gasteiger partial charge in [0.15, 0.2) is 11.6 Å². The fraction of sp³-hybridized carbons (Fsp3) is 0.318. The van der Waals surface area contributed by atoms with E-state index in [-0.39, 0.29) is 30.1 Å². The smallest absolute Gasteiger partial charge is 0.227 e. The highest BCUT2D eigenvalue weighted by molar-refractivity contribution is 5.79. The summed E-state index contributed by atoms with van der Waals surface area (Å²) in [5, 5.41) is 4.66. The third kappa shape index (κ3) is 3.54. The van der Waals surface area contributed by atoms with Crippen molar-refractivity contribution in [1.29, 1.82) is 0 Å². The first-order chi connectivity index (χ1) is 13.5. The molecule has 0 N–H and O–H groups in total. The highest BCUT2D eigenvalue weighted by Gasteiger charge is 2.35. The van der Waals surface area contributed by atoms with Gasteiger partial charge in [-0.3, -0.25) is 4.79 Å². The number of hydrogen-bond donors (Lipinski definition) is 0. The number of nitrogens with zero attached hydrogens (tertiary/aromatic N) is 4. The van der Waals surface area contributed by atoms with E-state index in [1.165, 1.54) is 12.1 Å². The average Bonchev–Trinajstić information content (AvgIpc) is 3.12. The molecule has 1 aliphatic rings. The second-order valence-electron chi connectivity index (χ2n) is 7.47. The van der Waals surface area contributed by atoms with Crippen LogP contribution in [0.2, 0.25) is 0 Å². The van der Waals surface area contributed by atoms with Gasteiger partial charge in [0.2, 0.25) is 5.91 Å². The van der Waals surface area contributed by atoms with E-state index >= 15 is 0 Å². The van der Waals surface area contributed by atoms with E-state index in [1.807, 2.05) is 39.9 Å². The molecule has 1 aromatic heterocycles. The standard InChI is InChI=1S/C22H23FN4O/c1-15(2)20-22-24-21(17-8-4-3-5-9-17)25-27(22)12-11-26(20)19(28)14-16-7-6-10-18(23)13-16/h3-10,13,15,20H,11-12,14H2,1-2H3/t20-/m0/s1. The van der Waals surface area contributed by atoms with E-state index in [0.29, 0.717) is 24.5 Å². The van der Waals surface area contributed by atoms with Crippen LogP contribution in [-0.4, -0.2) is 32.1 Å². The van der Waals surface area contributed by atoms with Gasteiger partial charge in [-0.1, -0.05) is 56.3 Å². The summed E-state index contributed by atoms with van der Waals surface area (Å²) in [7, 11) is 0. The van der Waals surface area contributed by atoms with Crippen LogP contribution in [0.4, 0.5) is 4.39 Å². The minimum atomic E-state index is -0.323. The van der Waals surface area contributed by atoms with Crippen molar-refractivity contribution in [1.82, 2.24) is 19.7 Å². The summed E-state index contributed by atoms with van der Waals surface area (Å²) < 4.78 is 15.4. The number of benzene rings is 2. The van der Waals surface area contributed by atoms with E-state index in [4.69, 9.17) is 4.98 Å². The molecule has 1 aliphatic heterocycles. The van der Waals surface area contributed by atoms with Crippen molar-refractivity contribution in [3.8, 4) is 11.4 Å². The third-order valence-electron chi connectivity index (χ3n) is 5.08. The molecule has 2 aromatic carbocycles. The number of fused-ring (bicyclic) bond motifs is 1. The van der Waals surface area contributed by atoms with Gasteiger partial charge in [-0.25, -0.2) is 14.1 Å².